The number of benzene rings is 2. The van der Waals surface area contributed by atoms with E-state index in [0.29, 0.717) is 10.7 Å². The molecule has 7 heteroatoms. The van der Waals surface area contributed by atoms with Crippen molar-refractivity contribution in [3.8, 4) is 5.69 Å². The number of carbonyl (C=O) groups excluding carboxylic acids is 1. The third kappa shape index (κ3) is 3.18. The Morgan fingerprint density at radius 1 is 1.18 bits per heavy atom. The molecule has 0 aliphatic carbocycles. The molecule has 0 saturated heterocycles. The number of amides is 1. The van der Waals surface area contributed by atoms with Crippen LogP contribution >= 0.6 is 27.5 Å². The smallest absolute Gasteiger partial charge is 0.277 e. The molecule has 0 spiro atoms. The number of anilines is 1. The summed E-state index contributed by atoms with van der Waals surface area (Å²) in [6.07, 6.45) is 1.41. The van der Waals surface area contributed by atoms with Gasteiger partial charge >= 0.3 is 0 Å². The number of hydrogen-bond acceptors (Lipinski definition) is 3. The molecule has 0 atom stereocenters. The Hall–Kier alpha value is -2.18. The summed E-state index contributed by atoms with van der Waals surface area (Å²) in [5, 5.41) is 11.4. The van der Waals surface area contributed by atoms with Crippen LogP contribution in [0.2, 0.25) is 5.02 Å². The molecule has 2 aromatic carbocycles. The van der Waals surface area contributed by atoms with E-state index in [9.17, 15) is 4.79 Å². The van der Waals surface area contributed by atoms with Crippen molar-refractivity contribution in [1.82, 2.24) is 15.0 Å². The summed E-state index contributed by atoms with van der Waals surface area (Å²) in [7, 11) is 0. The molecule has 1 aromatic heterocycles. The number of nitrogens with one attached hydrogen (secondary N) is 1. The first-order valence-electron chi connectivity index (χ1n) is 6.37. The molecule has 0 radical (unpaired) electrons. The number of halogens is 2. The maximum atomic E-state index is 12.2. The van der Waals surface area contributed by atoms with E-state index in [0.717, 1.165) is 10.2 Å². The SMILES string of the molecule is O=C(Nc1ccc(Br)cc1Cl)c1cnn(-c2ccccc2)n1. The minimum atomic E-state index is -0.369. The van der Waals surface area contributed by atoms with Crippen LogP contribution in [-0.2, 0) is 0 Å². The van der Waals surface area contributed by atoms with Gasteiger partial charge in [0.15, 0.2) is 5.69 Å². The first-order chi connectivity index (χ1) is 10.6. The van der Waals surface area contributed by atoms with Crippen molar-refractivity contribution in [3.05, 3.63) is 69.9 Å². The van der Waals surface area contributed by atoms with Crippen LogP contribution in [0.3, 0.4) is 0 Å². The number of carbonyl (C=O) groups is 1. The van der Waals surface area contributed by atoms with Crippen molar-refractivity contribution in [1.29, 1.82) is 0 Å². The third-order valence-electron chi connectivity index (χ3n) is 2.89. The maximum absolute atomic E-state index is 12.2. The van der Waals surface area contributed by atoms with E-state index in [4.69, 9.17) is 11.6 Å². The fourth-order valence-corrected chi connectivity index (χ4v) is 2.55. The van der Waals surface area contributed by atoms with Crippen LogP contribution < -0.4 is 5.32 Å². The zero-order valence-corrected chi connectivity index (χ0v) is 13.5. The average molecular weight is 378 g/mol. The Kier molecular flexibility index (Phi) is 4.22. The van der Waals surface area contributed by atoms with Crippen LogP contribution in [0, 0.1) is 0 Å². The lowest BCUT2D eigenvalue weighted by Gasteiger charge is -2.05. The quantitative estimate of drug-likeness (QED) is 0.752. The van der Waals surface area contributed by atoms with Crippen LogP contribution in [0.1, 0.15) is 10.5 Å². The summed E-state index contributed by atoms with van der Waals surface area (Å²) in [5.74, 6) is -0.369. The van der Waals surface area contributed by atoms with Crippen molar-refractivity contribution in [2.24, 2.45) is 0 Å². The van der Waals surface area contributed by atoms with E-state index in [2.05, 4.69) is 31.4 Å². The second kappa shape index (κ2) is 6.29. The largest absolute Gasteiger partial charge is 0.319 e. The predicted octanol–water partition coefficient (Wildman–Crippen LogP) is 3.94. The molecule has 0 aliphatic heterocycles. The minimum absolute atomic E-state index is 0.211. The van der Waals surface area contributed by atoms with Crippen LogP contribution in [0.25, 0.3) is 5.69 Å². The Balaban J connectivity index is 1.80. The van der Waals surface area contributed by atoms with E-state index < -0.39 is 0 Å². The molecule has 1 N–H and O–H groups in total. The van der Waals surface area contributed by atoms with Gasteiger partial charge in [0.25, 0.3) is 5.91 Å². The lowest BCUT2D eigenvalue weighted by atomic mass is 10.3. The molecule has 3 aromatic rings. The van der Waals surface area contributed by atoms with Gasteiger partial charge in [-0.2, -0.15) is 9.90 Å². The summed E-state index contributed by atoms with van der Waals surface area (Å²) < 4.78 is 0.838. The lowest BCUT2D eigenvalue weighted by molar-refractivity contribution is 0.102. The van der Waals surface area contributed by atoms with E-state index in [1.165, 1.54) is 11.0 Å². The zero-order valence-electron chi connectivity index (χ0n) is 11.2. The van der Waals surface area contributed by atoms with Crippen molar-refractivity contribution >= 4 is 39.1 Å². The molecular weight excluding hydrogens is 368 g/mol. The molecule has 110 valence electrons. The molecule has 0 bridgehead atoms. The first kappa shape index (κ1) is 14.7. The summed E-state index contributed by atoms with van der Waals surface area (Å²) in [5.41, 5.74) is 1.51. The van der Waals surface area contributed by atoms with Gasteiger partial charge < -0.3 is 5.32 Å². The average Bonchev–Trinajstić information content (AvgIpc) is 3.01. The molecule has 0 saturated carbocycles. The second-order valence-electron chi connectivity index (χ2n) is 4.43. The molecule has 0 fully saturated rings. The highest BCUT2D eigenvalue weighted by Crippen LogP contribution is 2.25. The van der Waals surface area contributed by atoms with Gasteiger partial charge in [-0.15, -0.1) is 5.10 Å². The topological polar surface area (TPSA) is 59.8 Å². The minimum Gasteiger partial charge on any atom is -0.319 e. The lowest BCUT2D eigenvalue weighted by Crippen LogP contribution is -2.13. The van der Waals surface area contributed by atoms with Gasteiger partial charge in [0.1, 0.15) is 0 Å². The number of nitrogens with zero attached hydrogens (tertiary/aromatic N) is 3. The molecule has 5 nitrogen and oxygen atoms in total. The van der Waals surface area contributed by atoms with Gasteiger partial charge in [0.2, 0.25) is 0 Å². The molecule has 1 amide bonds. The number of aromatic nitrogens is 3. The van der Waals surface area contributed by atoms with Gasteiger partial charge in [-0.25, -0.2) is 0 Å². The van der Waals surface area contributed by atoms with Crippen LogP contribution in [0.5, 0.6) is 0 Å². The van der Waals surface area contributed by atoms with E-state index >= 15 is 0 Å². The van der Waals surface area contributed by atoms with Gasteiger partial charge in [0, 0.05) is 4.47 Å². The second-order valence-corrected chi connectivity index (χ2v) is 5.76. The fraction of sp³-hybridized carbons (Fsp3) is 0. The van der Waals surface area contributed by atoms with Gasteiger partial charge in [-0.05, 0) is 30.3 Å². The third-order valence-corrected chi connectivity index (χ3v) is 3.70. The van der Waals surface area contributed by atoms with Crippen molar-refractivity contribution < 1.29 is 4.79 Å². The van der Waals surface area contributed by atoms with Gasteiger partial charge in [-0.1, -0.05) is 45.7 Å². The highest BCUT2D eigenvalue weighted by Gasteiger charge is 2.13. The number of para-hydroxylation sites is 1. The van der Waals surface area contributed by atoms with Crippen LogP contribution in [-0.4, -0.2) is 20.9 Å². The van der Waals surface area contributed by atoms with Crippen LogP contribution in [0.4, 0.5) is 5.69 Å². The zero-order chi connectivity index (χ0) is 15.5. The van der Waals surface area contributed by atoms with E-state index in [1.807, 2.05) is 30.3 Å². The van der Waals surface area contributed by atoms with Crippen molar-refractivity contribution in [2.75, 3.05) is 5.32 Å². The monoisotopic (exact) mass is 376 g/mol. The standard InChI is InChI=1S/C15H10BrClN4O/c16-10-6-7-13(12(17)8-10)19-15(22)14-9-18-21(20-14)11-4-2-1-3-5-11/h1-9H,(H,19,22). The fourth-order valence-electron chi connectivity index (χ4n) is 1.83. The Morgan fingerprint density at radius 3 is 2.68 bits per heavy atom. The molecule has 3 rings (SSSR count). The highest BCUT2D eigenvalue weighted by atomic mass is 79.9. The predicted molar refractivity (Wildman–Crippen MR) is 88.5 cm³/mol. The van der Waals surface area contributed by atoms with Crippen molar-refractivity contribution in [3.63, 3.8) is 0 Å². The summed E-state index contributed by atoms with van der Waals surface area (Å²) in [6.45, 7) is 0. The highest BCUT2D eigenvalue weighted by molar-refractivity contribution is 9.10. The molecular formula is C15H10BrClN4O. The van der Waals surface area contributed by atoms with Gasteiger partial charge in [-0.3, -0.25) is 4.79 Å². The van der Waals surface area contributed by atoms with Crippen molar-refractivity contribution in [2.45, 2.75) is 0 Å². The first-order valence-corrected chi connectivity index (χ1v) is 7.55. The summed E-state index contributed by atoms with van der Waals surface area (Å²) >= 11 is 9.39. The number of rotatable bonds is 3. The Morgan fingerprint density at radius 2 is 1.95 bits per heavy atom. The molecule has 0 unspecified atom stereocenters. The Bertz CT molecular complexity index is 819. The molecule has 1 heterocycles. The normalized spacial score (nSPS) is 10.5. The molecule has 22 heavy (non-hydrogen) atoms. The van der Waals surface area contributed by atoms with Crippen LogP contribution in [0.15, 0.2) is 59.2 Å². The van der Waals surface area contributed by atoms with E-state index in [1.54, 1.807) is 18.2 Å². The number of hydrogen-bond donors (Lipinski definition) is 1. The maximum Gasteiger partial charge on any atom is 0.277 e. The molecule has 0 aliphatic rings. The van der Waals surface area contributed by atoms with Gasteiger partial charge in [0.05, 0.1) is 22.6 Å². The Labute approximate surface area is 140 Å². The van der Waals surface area contributed by atoms with E-state index in [-0.39, 0.29) is 11.6 Å². The summed E-state index contributed by atoms with van der Waals surface area (Å²) in [6, 6.07) is 14.6. The summed E-state index contributed by atoms with van der Waals surface area (Å²) in [4.78, 5) is 13.6.